The van der Waals surface area contributed by atoms with E-state index in [0.29, 0.717) is 6.67 Å². The van der Waals surface area contributed by atoms with Crippen LogP contribution in [0.3, 0.4) is 0 Å². The molecule has 0 spiro atoms. The van der Waals surface area contributed by atoms with Crippen molar-refractivity contribution in [3.8, 4) is 0 Å². The van der Waals surface area contributed by atoms with Crippen LogP contribution in [0.25, 0.3) is 0 Å². The van der Waals surface area contributed by atoms with Gasteiger partial charge in [-0.05, 0) is 50.1 Å². The number of nitrogens with one attached hydrogen (secondary N) is 1. The zero-order valence-corrected chi connectivity index (χ0v) is 21.9. The fourth-order valence-corrected chi connectivity index (χ4v) is 6.18. The molecule has 1 saturated heterocycles. The topological polar surface area (TPSA) is 123 Å². The largest absolute Gasteiger partial charge is 0.465 e. The third-order valence-electron chi connectivity index (χ3n) is 6.89. The summed E-state index contributed by atoms with van der Waals surface area (Å²) in [7, 11) is -2.14. The lowest BCUT2D eigenvalue weighted by Gasteiger charge is -2.30. The molecule has 0 radical (unpaired) electrons. The maximum absolute atomic E-state index is 13.8. The summed E-state index contributed by atoms with van der Waals surface area (Å²) < 4.78 is 28.5. The highest BCUT2D eigenvalue weighted by Gasteiger charge is 2.35. The molecule has 1 aliphatic heterocycles. The maximum Gasteiger partial charge on any atom is 0.404 e. The zero-order valence-electron chi connectivity index (χ0n) is 21.1. The number of carbonyl (C=O) groups is 1. The average molecular weight is 533 g/mol. The van der Waals surface area contributed by atoms with E-state index in [1.165, 1.54) is 6.07 Å². The fourth-order valence-electron chi connectivity index (χ4n) is 4.84. The van der Waals surface area contributed by atoms with Gasteiger partial charge < -0.3 is 20.4 Å². The Morgan fingerprint density at radius 2 is 1.86 bits per heavy atom. The number of rotatable bonds is 11. The molecule has 37 heavy (non-hydrogen) atoms. The summed E-state index contributed by atoms with van der Waals surface area (Å²) >= 11 is 0. The number of hydroxylamine groups is 1. The summed E-state index contributed by atoms with van der Waals surface area (Å²) in [5.41, 5.74) is 1.61. The van der Waals surface area contributed by atoms with Gasteiger partial charge in [0.15, 0.2) is 0 Å². The van der Waals surface area contributed by atoms with Crippen molar-refractivity contribution in [1.29, 1.82) is 0 Å². The fraction of sp³-hybridized carbons (Fsp3) is 0.500. The third-order valence-corrected chi connectivity index (χ3v) is 8.51. The predicted molar refractivity (Wildman–Crippen MR) is 140 cm³/mol. The van der Waals surface area contributed by atoms with Crippen molar-refractivity contribution in [2.75, 3.05) is 38.3 Å². The minimum atomic E-state index is -4.15. The molecular formula is C26H36N4O6S. The molecule has 2 aromatic carbocycles. The van der Waals surface area contributed by atoms with Gasteiger partial charge in [-0.3, -0.25) is 9.74 Å². The normalized spacial score (nSPS) is 18.8. The van der Waals surface area contributed by atoms with Crippen molar-refractivity contribution in [1.82, 2.24) is 14.7 Å². The Bertz CT molecular complexity index is 1140. The first kappa shape index (κ1) is 27.3. The quantitative estimate of drug-likeness (QED) is 0.378. The van der Waals surface area contributed by atoms with E-state index in [-0.39, 0.29) is 17.4 Å². The van der Waals surface area contributed by atoms with E-state index in [0.717, 1.165) is 54.5 Å². The van der Waals surface area contributed by atoms with Crippen molar-refractivity contribution in [2.24, 2.45) is 0 Å². The van der Waals surface area contributed by atoms with Crippen molar-refractivity contribution >= 4 is 21.8 Å². The van der Waals surface area contributed by atoms with Gasteiger partial charge in [0.1, 0.15) is 0 Å². The smallest absolute Gasteiger partial charge is 0.404 e. The van der Waals surface area contributed by atoms with Crippen molar-refractivity contribution in [2.45, 2.75) is 55.2 Å². The standard InChI is InChI=1S/C26H36N4O6S/c1-28-14-15-29(19-28)21-10-7-13-23(17-21)37(34,35)30(36-22-11-5-6-12-22)18-25(31)24(27-26(32)33)16-20-8-3-2-4-9-20/h2-4,7-10,13,17,22,24-25,27,31H,5-6,11-12,14-16,18-19H2,1H3,(H,32,33)/t24-,25+/m0/s1. The average Bonchev–Trinajstić information content (AvgIpc) is 3.55. The highest BCUT2D eigenvalue weighted by Crippen LogP contribution is 2.28. The second-order valence-corrected chi connectivity index (χ2v) is 11.6. The molecule has 2 aromatic rings. The Labute approximate surface area is 218 Å². The molecule has 0 unspecified atom stereocenters. The van der Waals surface area contributed by atoms with Crippen LogP contribution in [-0.2, 0) is 21.3 Å². The molecule has 10 nitrogen and oxygen atoms in total. The van der Waals surface area contributed by atoms with E-state index in [2.05, 4.69) is 15.1 Å². The Kier molecular flexibility index (Phi) is 9.04. The van der Waals surface area contributed by atoms with E-state index in [1.807, 2.05) is 43.4 Å². The minimum absolute atomic E-state index is 0.0653. The predicted octanol–water partition coefficient (Wildman–Crippen LogP) is 2.50. The lowest BCUT2D eigenvalue weighted by Crippen LogP contribution is -2.50. The van der Waals surface area contributed by atoms with Crippen LogP contribution in [0.15, 0.2) is 59.5 Å². The highest BCUT2D eigenvalue weighted by molar-refractivity contribution is 7.89. The van der Waals surface area contributed by atoms with Crippen molar-refractivity contribution in [3.63, 3.8) is 0 Å². The molecule has 1 amide bonds. The Hall–Kier alpha value is -2.70. The zero-order chi connectivity index (χ0) is 26.4. The van der Waals surface area contributed by atoms with Crippen molar-refractivity contribution < 1.29 is 28.3 Å². The van der Waals surface area contributed by atoms with Gasteiger partial charge in [0.25, 0.3) is 10.0 Å². The van der Waals surface area contributed by atoms with Gasteiger partial charge in [-0.15, -0.1) is 0 Å². The maximum atomic E-state index is 13.8. The molecule has 202 valence electrons. The van der Waals surface area contributed by atoms with Gasteiger partial charge >= 0.3 is 6.09 Å². The number of benzene rings is 2. The first-order chi connectivity index (χ1) is 17.7. The van der Waals surface area contributed by atoms with Crippen molar-refractivity contribution in [3.05, 3.63) is 60.2 Å². The van der Waals surface area contributed by atoms with E-state index in [1.54, 1.807) is 12.1 Å². The Balaban J connectivity index is 1.58. The molecule has 4 rings (SSSR count). The molecule has 1 heterocycles. The highest BCUT2D eigenvalue weighted by atomic mass is 32.2. The number of amides is 1. The number of aliphatic hydroxyl groups excluding tert-OH is 1. The van der Waals surface area contributed by atoms with Gasteiger partial charge in [0.05, 0.1) is 36.4 Å². The molecule has 2 fully saturated rings. The number of hydrogen-bond acceptors (Lipinski definition) is 7. The van der Waals surface area contributed by atoms with Gasteiger partial charge in [-0.1, -0.05) is 53.7 Å². The second kappa shape index (κ2) is 12.2. The van der Waals surface area contributed by atoms with Crippen LogP contribution in [-0.4, -0.2) is 85.7 Å². The van der Waals surface area contributed by atoms with E-state index in [4.69, 9.17) is 4.84 Å². The van der Waals surface area contributed by atoms with E-state index < -0.39 is 34.8 Å². The molecule has 0 aromatic heterocycles. The first-order valence-corrected chi connectivity index (χ1v) is 14.1. The monoisotopic (exact) mass is 532 g/mol. The Morgan fingerprint density at radius 3 is 2.51 bits per heavy atom. The van der Waals surface area contributed by atoms with E-state index in [9.17, 15) is 23.4 Å². The second-order valence-electron chi connectivity index (χ2n) is 9.80. The molecule has 11 heteroatoms. The SMILES string of the molecule is CN1CCN(c2cccc(S(=O)(=O)N(C[C@@H](O)[C@H](Cc3ccccc3)NC(=O)O)OC3CCCC3)c2)C1. The van der Waals surface area contributed by atoms with Crippen LogP contribution in [0.2, 0.25) is 0 Å². The summed E-state index contributed by atoms with van der Waals surface area (Å²) in [5, 5.41) is 22.8. The van der Waals surface area contributed by atoms with Crippen LogP contribution in [0.5, 0.6) is 0 Å². The molecule has 1 saturated carbocycles. The van der Waals surface area contributed by atoms with E-state index >= 15 is 0 Å². The number of carboxylic acid groups (broad SMARTS) is 1. The summed E-state index contributed by atoms with van der Waals surface area (Å²) in [4.78, 5) is 21.8. The lowest BCUT2D eigenvalue weighted by atomic mass is 10.0. The number of hydrogen-bond donors (Lipinski definition) is 3. The van der Waals surface area contributed by atoms with Crippen LogP contribution < -0.4 is 10.2 Å². The molecule has 1 aliphatic carbocycles. The number of aliphatic hydroxyl groups is 1. The number of nitrogens with zero attached hydrogens (tertiary/aromatic N) is 3. The number of anilines is 1. The van der Waals surface area contributed by atoms with Gasteiger partial charge in [-0.25, -0.2) is 13.2 Å². The summed E-state index contributed by atoms with van der Waals surface area (Å²) in [6, 6.07) is 14.9. The lowest BCUT2D eigenvalue weighted by molar-refractivity contribution is -0.145. The van der Waals surface area contributed by atoms with Gasteiger partial charge in [0.2, 0.25) is 0 Å². The van der Waals surface area contributed by atoms with Crippen LogP contribution in [0, 0.1) is 0 Å². The molecule has 2 aliphatic rings. The molecule has 2 atom stereocenters. The number of likely N-dealkylation sites (N-methyl/N-ethyl adjacent to an activating group) is 1. The molecule has 0 bridgehead atoms. The first-order valence-electron chi connectivity index (χ1n) is 12.7. The van der Waals surface area contributed by atoms with Gasteiger partial charge in [-0.2, -0.15) is 0 Å². The third kappa shape index (κ3) is 7.20. The summed E-state index contributed by atoms with van der Waals surface area (Å²) in [6.45, 7) is 1.97. The summed E-state index contributed by atoms with van der Waals surface area (Å²) in [5.74, 6) is 0. The minimum Gasteiger partial charge on any atom is -0.465 e. The molecular weight excluding hydrogens is 496 g/mol. The van der Waals surface area contributed by atoms with Crippen LogP contribution in [0.4, 0.5) is 10.5 Å². The molecule has 3 N–H and O–H groups in total. The van der Waals surface area contributed by atoms with Gasteiger partial charge in [0, 0.05) is 18.8 Å². The Morgan fingerprint density at radius 1 is 1.14 bits per heavy atom. The summed E-state index contributed by atoms with van der Waals surface area (Å²) in [6.07, 6.45) is 0.608. The van der Waals surface area contributed by atoms with Crippen LogP contribution in [0.1, 0.15) is 31.2 Å². The van der Waals surface area contributed by atoms with Crippen LogP contribution >= 0.6 is 0 Å². The number of sulfonamides is 1.